The summed E-state index contributed by atoms with van der Waals surface area (Å²) in [5.41, 5.74) is 6.08. The molecule has 47 valence electrons. The number of hydrogen-bond donors (Lipinski definition) is 1. The molecule has 1 radical (unpaired) electrons. The summed E-state index contributed by atoms with van der Waals surface area (Å²) in [6, 6.07) is 5.60. The molecule has 2 N–H and O–H groups in total. The first-order valence-electron chi connectivity index (χ1n) is 2.63. The maximum absolute atomic E-state index is 12.4. The number of halogens is 1. The van der Waals surface area contributed by atoms with E-state index in [9.17, 15) is 4.39 Å². The molecule has 0 heterocycles. The van der Waals surface area contributed by atoms with Crippen molar-refractivity contribution < 1.29 is 4.39 Å². The standard InChI is InChI=1S/C7H7FN/c1-5-2-3-7(9)6(8)4-5/h2,4H,9H2,1H3. The number of aryl methyl sites for hydroxylation is 1. The third-order valence-electron chi connectivity index (χ3n) is 1.07. The molecule has 1 aromatic rings. The van der Waals surface area contributed by atoms with E-state index in [4.69, 9.17) is 5.73 Å². The Morgan fingerprint density at radius 3 is 2.78 bits per heavy atom. The van der Waals surface area contributed by atoms with E-state index in [1.165, 1.54) is 6.07 Å². The van der Waals surface area contributed by atoms with E-state index >= 15 is 0 Å². The van der Waals surface area contributed by atoms with Crippen LogP contribution in [0.15, 0.2) is 12.1 Å². The summed E-state index contributed by atoms with van der Waals surface area (Å²) < 4.78 is 12.4. The molecule has 0 bridgehead atoms. The van der Waals surface area contributed by atoms with Crippen molar-refractivity contribution in [2.45, 2.75) is 6.92 Å². The lowest BCUT2D eigenvalue weighted by atomic mass is 10.2. The minimum atomic E-state index is -0.394. The first kappa shape index (κ1) is 6.08. The van der Waals surface area contributed by atoms with Gasteiger partial charge in [0.1, 0.15) is 5.82 Å². The third kappa shape index (κ3) is 1.19. The van der Waals surface area contributed by atoms with Gasteiger partial charge in [0, 0.05) is 6.07 Å². The molecule has 0 aliphatic rings. The van der Waals surface area contributed by atoms with Crippen LogP contribution in [-0.2, 0) is 0 Å². The predicted molar refractivity (Wildman–Crippen MR) is 34.4 cm³/mol. The second-order valence-corrected chi connectivity index (χ2v) is 1.94. The number of hydrogen-bond acceptors (Lipinski definition) is 1. The van der Waals surface area contributed by atoms with Crippen molar-refractivity contribution in [3.63, 3.8) is 0 Å². The van der Waals surface area contributed by atoms with Crippen molar-refractivity contribution in [1.29, 1.82) is 0 Å². The quantitative estimate of drug-likeness (QED) is 0.521. The van der Waals surface area contributed by atoms with Gasteiger partial charge in [0.2, 0.25) is 0 Å². The Bertz CT molecular complexity index is 220. The van der Waals surface area contributed by atoms with Crippen LogP contribution in [0.4, 0.5) is 10.1 Å². The second kappa shape index (κ2) is 2.05. The van der Waals surface area contributed by atoms with E-state index < -0.39 is 5.82 Å². The van der Waals surface area contributed by atoms with Gasteiger partial charge in [-0.25, -0.2) is 4.39 Å². The lowest BCUT2D eigenvalue weighted by Gasteiger charge is -1.94. The summed E-state index contributed by atoms with van der Waals surface area (Å²) in [6.45, 7) is 1.79. The number of benzene rings is 1. The van der Waals surface area contributed by atoms with Gasteiger partial charge in [0.25, 0.3) is 0 Å². The molecule has 2 heteroatoms. The Kier molecular flexibility index (Phi) is 1.39. The van der Waals surface area contributed by atoms with E-state index in [1.807, 2.05) is 0 Å². The molecule has 0 unspecified atom stereocenters. The molecule has 0 spiro atoms. The smallest absolute Gasteiger partial charge is 0.146 e. The topological polar surface area (TPSA) is 26.0 Å². The number of rotatable bonds is 0. The molecule has 0 aliphatic carbocycles. The fraction of sp³-hybridized carbons (Fsp3) is 0.143. The molecule has 0 saturated carbocycles. The Morgan fingerprint density at radius 1 is 1.67 bits per heavy atom. The van der Waals surface area contributed by atoms with Gasteiger partial charge < -0.3 is 5.73 Å². The van der Waals surface area contributed by atoms with Gasteiger partial charge >= 0.3 is 0 Å². The van der Waals surface area contributed by atoms with Crippen molar-refractivity contribution in [1.82, 2.24) is 0 Å². The average Bonchev–Trinajstić information content (AvgIpc) is 1.80. The second-order valence-electron chi connectivity index (χ2n) is 1.94. The Balaban J connectivity index is 3.17. The Labute approximate surface area is 53.3 Å². The highest BCUT2D eigenvalue weighted by Crippen LogP contribution is 2.09. The van der Waals surface area contributed by atoms with Crippen molar-refractivity contribution in [3.05, 3.63) is 29.6 Å². The van der Waals surface area contributed by atoms with Gasteiger partial charge in [-0.05, 0) is 24.6 Å². The molecular weight excluding hydrogens is 117 g/mol. The largest absolute Gasteiger partial charge is 0.396 e. The van der Waals surface area contributed by atoms with Crippen LogP contribution in [0.1, 0.15) is 5.56 Å². The minimum absolute atomic E-state index is 0.0839. The van der Waals surface area contributed by atoms with E-state index in [0.717, 1.165) is 5.56 Å². The molecule has 9 heavy (non-hydrogen) atoms. The van der Waals surface area contributed by atoms with E-state index in [2.05, 4.69) is 6.07 Å². The van der Waals surface area contributed by atoms with Crippen LogP contribution < -0.4 is 5.73 Å². The lowest BCUT2D eigenvalue weighted by Crippen LogP contribution is -1.89. The van der Waals surface area contributed by atoms with Crippen molar-refractivity contribution in [2.75, 3.05) is 5.73 Å². The van der Waals surface area contributed by atoms with Crippen LogP contribution in [0.5, 0.6) is 0 Å². The fourth-order valence-corrected chi connectivity index (χ4v) is 0.580. The van der Waals surface area contributed by atoms with Gasteiger partial charge in [-0.15, -0.1) is 0 Å². The highest BCUT2D eigenvalue weighted by molar-refractivity contribution is 5.39. The zero-order valence-corrected chi connectivity index (χ0v) is 5.11. The highest BCUT2D eigenvalue weighted by atomic mass is 19.1. The maximum atomic E-state index is 12.4. The van der Waals surface area contributed by atoms with Gasteiger partial charge in [0.05, 0.1) is 5.69 Å². The van der Waals surface area contributed by atoms with Gasteiger partial charge in [-0.3, -0.25) is 0 Å². The molecule has 0 atom stereocenters. The molecule has 1 rings (SSSR count). The minimum Gasteiger partial charge on any atom is -0.396 e. The summed E-state index contributed by atoms with van der Waals surface area (Å²) in [5, 5.41) is 0. The summed E-state index contributed by atoms with van der Waals surface area (Å²) in [7, 11) is 0. The van der Waals surface area contributed by atoms with E-state index in [0.29, 0.717) is 0 Å². The molecule has 1 nitrogen and oxygen atoms in total. The van der Waals surface area contributed by atoms with E-state index in [1.54, 1.807) is 13.0 Å². The first-order chi connectivity index (χ1) is 4.20. The fourth-order valence-electron chi connectivity index (χ4n) is 0.580. The van der Waals surface area contributed by atoms with Crippen LogP contribution in [-0.4, -0.2) is 0 Å². The van der Waals surface area contributed by atoms with Crippen LogP contribution in [0.2, 0.25) is 0 Å². The Morgan fingerprint density at radius 2 is 2.33 bits per heavy atom. The van der Waals surface area contributed by atoms with Crippen molar-refractivity contribution in [3.8, 4) is 0 Å². The van der Waals surface area contributed by atoms with E-state index in [-0.39, 0.29) is 5.69 Å². The zero-order valence-electron chi connectivity index (χ0n) is 5.11. The number of nitrogen functional groups attached to an aromatic ring is 1. The van der Waals surface area contributed by atoms with Crippen LogP contribution in [0.3, 0.4) is 0 Å². The lowest BCUT2D eigenvalue weighted by molar-refractivity contribution is 0.631. The summed E-state index contributed by atoms with van der Waals surface area (Å²) >= 11 is 0. The van der Waals surface area contributed by atoms with Crippen molar-refractivity contribution >= 4 is 5.69 Å². The summed E-state index contributed by atoms with van der Waals surface area (Å²) in [6.07, 6.45) is 0. The summed E-state index contributed by atoms with van der Waals surface area (Å²) in [4.78, 5) is 0. The molecule has 1 aromatic carbocycles. The zero-order chi connectivity index (χ0) is 6.85. The SMILES string of the molecule is Cc1c[c]c(N)c(F)c1. The molecular formula is C7H7FN. The highest BCUT2D eigenvalue weighted by Gasteiger charge is 1.94. The van der Waals surface area contributed by atoms with Gasteiger partial charge in [-0.2, -0.15) is 0 Å². The first-order valence-corrected chi connectivity index (χ1v) is 2.63. The van der Waals surface area contributed by atoms with Gasteiger partial charge in [0.15, 0.2) is 0 Å². The van der Waals surface area contributed by atoms with Crippen LogP contribution in [0.25, 0.3) is 0 Å². The maximum Gasteiger partial charge on any atom is 0.146 e. The number of nitrogens with two attached hydrogens (primary N) is 1. The molecule has 0 aromatic heterocycles. The predicted octanol–water partition coefficient (Wildman–Crippen LogP) is 1.52. The van der Waals surface area contributed by atoms with Crippen molar-refractivity contribution in [2.24, 2.45) is 0 Å². The molecule has 0 amide bonds. The monoisotopic (exact) mass is 124 g/mol. The average molecular weight is 124 g/mol. The van der Waals surface area contributed by atoms with Crippen LogP contribution in [0, 0.1) is 18.8 Å². The summed E-state index contributed by atoms with van der Waals surface area (Å²) in [5.74, 6) is -0.394. The number of anilines is 1. The Hall–Kier alpha value is -1.05. The normalized spacial score (nSPS) is 9.56. The third-order valence-corrected chi connectivity index (χ3v) is 1.07. The molecule has 0 saturated heterocycles. The van der Waals surface area contributed by atoms with Gasteiger partial charge in [-0.1, -0.05) is 0 Å². The van der Waals surface area contributed by atoms with Crippen LogP contribution >= 0.6 is 0 Å². The molecule has 0 aliphatic heterocycles. The molecule has 0 fully saturated rings.